The average molecular weight is 290 g/mol. The molecule has 0 bridgehead atoms. The first kappa shape index (κ1) is 13.5. The van der Waals surface area contributed by atoms with Gasteiger partial charge in [0.25, 0.3) is 0 Å². The van der Waals surface area contributed by atoms with Gasteiger partial charge in [-0.25, -0.2) is 9.97 Å². The molecule has 0 unspecified atom stereocenters. The van der Waals surface area contributed by atoms with E-state index >= 15 is 0 Å². The molecule has 5 nitrogen and oxygen atoms in total. The minimum Gasteiger partial charge on any atom is -0.476 e. The number of aryl methyl sites for hydroxylation is 1. The zero-order valence-corrected chi connectivity index (χ0v) is 12.3. The zero-order valence-electron chi connectivity index (χ0n) is 11.5. The summed E-state index contributed by atoms with van der Waals surface area (Å²) in [6.07, 6.45) is 6.91. The van der Waals surface area contributed by atoms with E-state index in [4.69, 9.17) is 4.74 Å². The Balaban J connectivity index is 1.44. The summed E-state index contributed by atoms with van der Waals surface area (Å²) in [7, 11) is 0. The average Bonchev–Trinajstić information content (AvgIpc) is 3.21. The molecule has 1 aliphatic carbocycles. The van der Waals surface area contributed by atoms with Crippen molar-refractivity contribution in [2.45, 2.75) is 38.8 Å². The molecule has 0 aromatic carbocycles. The summed E-state index contributed by atoms with van der Waals surface area (Å²) in [6.45, 7) is 3.42. The number of thiazole rings is 1. The van der Waals surface area contributed by atoms with Crippen LogP contribution in [0.15, 0.2) is 17.9 Å². The summed E-state index contributed by atoms with van der Waals surface area (Å²) in [6, 6.07) is 0.690. The van der Waals surface area contributed by atoms with Crippen LogP contribution >= 0.6 is 11.3 Å². The van der Waals surface area contributed by atoms with Crippen LogP contribution in [0.25, 0.3) is 0 Å². The molecular weight excluding hydrogens is 272 g/mol. The van der Waals surface area contributed by atoms with E-state index in [1.165, 1.54) is 17.7 Å². The summed E-state index contributed by atoms with van der Waals surface area (Å²) in [5.41, 5.74) is 3.92. The van der Waals surface area contributed by atoms with E-state index in [0.717, 1.165) is 24.4 Å². The van der Waals surface area contributed by atoms with Gasteiger partial charge in [0.2, 0.25) is 5.88 Å². The lowest BCUT2D eigenvalue weighted by molar-refractivity contribution is 0.308. The Morgan fingerprint density at radius 2 is 2.20 bits per heavy atom. The van der Waals surface area contributed by atoms with Crippen LogP contribution in [0, 0.1) is 6.92 Å². The van der Waals surface area contributed by atoms with Crippen molar-refractivity contribution in [3.05, 3.63) is 34.2 Å². The maximum Gasteiger partial charge on any atom is 0.232 e. The van der Waals surface area contributed by atoms with Crippen LogP contribution in [0.4, 0.5) is 0 Å². The van der Waals surface area contributed by atoms with Crippen LogP contribution in [0.2, 0.25) is 0 Å². The lowest BCUT2D eigenvalue weighted by atomic mass is 10.3. The van der Waals surface area contributed by atoms with Gasteiger partial charge in [0, 0.05) is 23.9 Å². The van der Waals surface area contributed by atoms with E-state index in [0.29, 0.717) is 18.5 Å². The number of nitrogens with zero attached hydrogens (tertiary/aromatic N) is 3. The van der Waals surface area contributed by atoms with E-state index < -0.39 is 0 Å². The fourth-order valence-electron chi connectivity index (χ4n) is 1.86. The van der Waals surface area contributed by atoms with E-state index in [1.54, 1.807) is 23.7 Å². The summed E-state index contributed by atoms with van der Waals surface area (Å²) < 4.78 is 5.61. The monoisotopic (exact) mass is 290 g/mol. The van der Waals surface area contributed by atoms with E-state index in [-0.39, 0.29) is 0 Å². The number of aromatic nitrogens is 3. The molecule has 0 radical (unpaired) electrons. The van der Waals surface area contributed by atoms with Gasteiger partial charge in [-0.3, -0.25) is 4.98 Å². The molecule has 0 spiro atoms. The van der Waals surface area contributed by atoms with E-state index in [1.807, 2.05) is 12.4 Å². The Morgan fingerprint density at radius 3 is 2.85 bits per heavy atom. The molecule has 1 aliphatic rings. The second kappa shape index (κ2) is 6.28. The van der Waals surface area contributed by atoms with Gasteiger partial charge in [0.05, 0.1) is 35.9 Å². The Morgan fingerprint density at radius 1 is 1.30 bits per heavy atom. The van der Waals surface area contributed by atoms with Crippen molar-refractivity contribution in [1.29, 1.82) is 0 Å². The fraction of sp³-hybridized carbons (Fsp3) is 0.500. The van der Waals surface area contributed by atoms with Crippen LogP contribution in [-0.4, -0.2) is 27.6 Å². The summed E-state index contributed by atoms with van der Waals surface area (Å²) >= 11 is 1.67. The van der Waals surface area contributed by atoms with Crippen molar-refractivity contribution in [1.82, 2.24) is 20.3 Å². The van der Waals surface area contributed by atoms with Gasteiger partial charge < -0.3 is 10.1 Å². The van der Waals surface area contributed by atoms with E-state index in [2.05, 4.69) is 20.3 Å². The normalized spacial score (nSPS) is 14.4. The highest BCUT2D eigenvalue weighted by Gasteiger charge is 2.20. The maximum atomic E-state index is 5.61. The van der Waals surface area contributed by atoms with Gasteiger partial charge in [0.1, 0.15) is 0 Å². The van der Waals surface area contributed by atoms with Gasteiger partial charge in [-0.1, -0.05) is 0 Å². The van der Waals surface area contributed by atoms with E-state index in [9.17, 15) is 0 Å². The topological polar surface area (TPSA) is 59.9 Å². The van der Waals surface area contributed by atoms with Gasteiger partial charge in [0.15, 0.2) is 0 Å². The predicted molar refractivity (Wildman–Crippen MR) is 77.9 cm³/mol. The molecule has 0 aliphatic heterocycles. The summed E-state index contributed by atoms with van der Waals surface area (Å²) in [5, 5.41) is 3.41. The van der Waals surface area contributed by atoms with Crippen molar-refractivity contribution < 1.29 is 4.74 Å². The van der Waals surface area contributed by atoms with Gasteiger partial charge in [-0.15, -0.1) is 11.3 Å². The van der Waals surface area contributed by atoms with Crippen molar-refractivity contribution >= 4 is 11.3 Å². The Bertz CT molecular complexity index is 551. The van der Waals surface area contributed by atoms with Crippen LogP contribution in [0.5, 0.6) is 5.88 Å². The first-order valence-electron chi connectivity index (χ1n) is 6.87. The van der Waals surface area contributed by atoms with Crippen LogP contribution < -0.4 is 10.1 Å². The molecule has 0 amide bonds. The van der Waals surface area contributed by atoms with Gasteiger partial charge in [-0.2, -0.15) is 0 Å². The molecule has 1 fully saturated rings. The second-order valence-electron chi connectivity index (χ2n) is 4.96. The molecule has 2 aromatic rings. The number of ether oxygens (including phenoxy) is 1. The number of nitrogens with one attached hydrogen (secondary N) is 1. The molecule has 1 N–H and O–H groups in total. The molecular formula is C14H18N4OS. The molecule has 2 heterocycles. The first-order chi connectivity index (χ1) is 9.81. The Hall–Kier alpha value is -1.53. The summed E-state index contributed by atoms with van der Waals surface area (Å²) in [5.74, 6) is 0.586. The lowest BCUT2D eigenvalue weighted by Crippen LogP contribution is -2.16. The third-order valence-corrected chi connectivity index (χ3v) is 4.25. The highest BCUT2D eigenvalue weighted by molar-refractivity contribution is 7.09. The fourth-order valence-corrected chi connectivity index (χ4v) is 2.62. The van der Waals surface area contributed by atoms with Crippen LogP contribution in [0.1, 0.15) is 29.1 Å². The van der Waals surface area contributed by atoms with Crippen LogP contribution in [-0.2, 0) is 13.0 Å². The predicted octanol–water partition coefficient (Wildman–Crippen LogP) is 2.12. The smallest absolute Gasteiger partial charge is 0.232 e. The molecule has 3 rings (SSSR count). The van der Waals surface area contributed by atoms with Crippen LogP contribution in [0.3, 0.4) is 0 Å². The maximum absolute atomic E-state index is 5.61. The number of hydrogen-bond acceptors (Lipinski definition) is 6. The Kier molecular flexibility index (Phi) is 4.22. The van der Waals surface area contributed by atoms with Crippen molar-refractivity contribution in [3.8, 4) is 5.88 Å². The molecule has 0 atom stereocenters. The largest absolute Gasteiger partial charge is 0.476 e. The number of hydrogen-bond donors (Lipinski definition) is 1. The third kappa shape index (κ3) is 3.74. The third-order valence-electron chi connectivity index (χ3n) is 3.25. The minimum atomic E-state index is 0.586. The minimum absolute atomic E-state index is 0.586. The standard InChI is InChI=1S/C14H18N4OS/c1-10-13(20-9-18-10)4-5-19-14-8-16-12(7-17-14)6-15-11-2-3-11/h7-9,11,15H,2-6H2,1H3. The van der Waals surface area contributed by atoms with Gasteiger partial charge >= 0.3 is 0 Å². The number of rotatable bonds is 7. The van der Waals surface area contributed by atoms with Crippen molar-refractivity contribution in [2.75, 3.05) is 6.61 Å². The molecule has 6 heteroatoms. The molecule has 0 saturated heterocycles. The highest BCUT2D eigenvalue weighted by atomic mass is 32.1. The first-order valence-corrected chi connectivity index (χ1v) is 7.75. The summed E-state index contributed by atoms with van der Waals surface area (Å²) in [4.78, 5) is 14.1. The van der Waals surface area contributed by atoms with Crippen molar-refractivity contribution in [2.24, 2.45) is 0 Å². The highest BCUT2D eigenvalue weighted by Crippen LogP contribution is 2.19. The lowest BCUT2D eigenvalue weighted by Gasteiger charge is -2.05. The second-order valence-corrected chi connectivity index (χ2v) is 5.90. The molecule has 2 aromatic heterocycles. The SMILES string of the molecule is Cc1ncsc1CCOc1cnc(CNC2CC2)cn1. The molecule has 106 valence electrons. The zero-order chi connectivity index (χ0) is 13.8. The molecule has 1 saturated carbocycles. The Labute approximate surface area is 122 Å². The van der Waals surface area contributed by atoms with Gasteiger partial charge in [-0.05, 0) is 19.8 Å². The quantitative estimate of drug-likeness (QED) is 0.846. The molecule has 20 heavy (non-hydrogen) atoms. The van der Waals surface area contributed by atoms with Crippen molar-refractivity contribution in [3.63, 3.8) is 0 Å².